The van der Waals surface area contributed by atoms with Crippen LogP contribution in [0.1, 0.15) is 61.1 Å². The van der Waals surface area contributed by atoms with Crippen molar-refractivity contribution in [3.8, 4) is 0 Å². The summed E-state index contributed by atoms with van der Waals surface area (Å²) in [5.74, 6) is 0.717. The fourth-order valence-corrected chi connectivity index (χ4v) is 3.37. The molecule has 2 N–H and O–H groups in total. The van der Waals surface area contributed by atoms with E-state index in [1.165, 1.54) is 17.5 Å². The standard InChI is InChI=1S/C17H22N6O/c24-17(18-11-16-20-21-22-23(16)13-9-10-13)19-15-8-4-2-6-12-5-1-3-7-14(12)15/h1,3,5,7,13,15H,2,4,6,8-11H2,(H2,18,19,24)/t15-/m1/s1. The van der Waals surface area contributed by atoms with E-state index in [1.54, 1.807) is 0 Å². The van der Waals surface area contributed by atoms with Crippen molar-refractivity contribution < 1.29 is 4.79 Å². The first-order chi connectivity index (χ1) is 11.8. The van der Waals surface area contributed by atoms with Gasteiger partial charge in [0.25, 0.3) is 0 Å². The first kappa shape index (κ1) is 15.1. The number of tetrazole rings is 1. The molecular weight excluding hydrogens is 304 g/mol. The van der Waals surface area contributed by atoms with E-state index < -0.39 is 0 Å². The fourth-order valence-electron chi connectivity index (χ4n) is 3.37. The number of aryl methyl sites for hydroxylation is 1. The lowest BCUT2D eigenvalue weighted by Gasteiger charge is -2.19. The Balaban J connectivity index is 1.38. The van der Waals surface area contributed by atoms with Gasteiger partial charge < -0.3 is 10.6 Å². The molecular formula is C17H22N6O. The molecule has 0 unspecified atom stereocenters. The highest BCUT2D eigenvalue weighted by Gasteiger charge is 2.28. The maximum atomic E-state index is 12.3. The zero-order chi connectivity index (χ0) is 16.4. The van der Waals surface area contributed by atoms with Crippen molar-refractivity contribution in [3.63, 3.8) is 0 Å². The first-order valence-electron chi connectivity index (χ1n) is 8.70. The van der Waals surface area contributed by atoms with Crippen molar-refractivity contribution in [2.24, 2.45) is 0 Å². The number of hydrogen-bond donors (Lipinski definition) is 2. The Morgan fingerprint density at radius 3 is 2.96 bits per heavy atom. The molecule has 1 aromatic heterocycles. The number of aromatic nitrogens is 4. The largest absolute Gasteiger partial charge is 0.331 e. The number of nitrogens with zero attached hydrogens (tertiary/aromatic N) is 4. The molecule has 0 spiro atoms. The third-order valence-electron chi connectivity index (χ3n) is 4.79. The van der Waals surface area contributed by atoms with E-state index in [0.717, 1.165) is 32.1 Å². The second-order valence-corrected chi connectivity index (χ2v) is 6.60. The molecule has 126 valence electrons. The Hall–Kier alpha value is -2.44. The van der Waals surface area contributed by atoms with Crippen LogP contribution in [0.25, 0.3) is 0 Å². The molecule has 2 amide bonds. The van der Waals surface area contributed by atoms with E-state index in [2.05, 4.69) is 44.4 Å². The quantitative estimate of drug-likeness (QED) is 0.844. The highest BCUT2D eigenvalue weighted by molar-refractivity contribution is 5.74. The van der Waals surface area contributed by atoms with Crippen LogP contribution in [0.4, 0.5) is 4.79 Å². The lowest BCUT2D eigenvalue weighted by Crippen LogP contribution is -2.38. The van der Waals surface area contributed by atoms with Gasteiger partial charge in [-0.15, -0.1) is 5.10 Å². The predicted octanol–water partition coefficient (Wildman–Crippen LogP) is 2.27. The molecule has 1 saturated carbocycles. The van der Waals surface area contributed by atoms with Crippen LogP contribution in [0, 0.1) is 0 Å². The Kier molecular flexibility index (Phi) is 4.15. The van der Waals surface area contributed by atoms with Crippen molar-refractivity contribution in [2.45, 2.75) is 57.2 Å². The number of carbonyl (C=O) groups excluding carboxylic acids is 1. The van der Waals surface area contributed by atoms with Crippen LogP contribution in [-0.4, -0.2) is 26.2 Å². The van der Waals surface area contributed by atoms with E-state index in [9.17, 15) is 4.79 Å². The summed E-state index contributed by atoms with van der Waals surface area (Å²) < 4.78 is 1.82. The van der Waals surface area contributed by atoms with Crippen molar-refractivity contribution in [3.05, 3.63) is 41.2 Å². The highest BCUT2D eigenvalue weighted by Crippen LogP contribution is 2.34. The van der Waals surface area contributed by atoms with Gasteiger partial charge in [0.05, 0.1) is 18.6 Å². The summed E-state index contributed by atoms with van der Waals surface area (Å²) in [6, 6.07) is 8.72. The molecule has 1 heterocycles. The van der Waals surface area contributed by atoms with Crippen molar-refractivity contribution in [2.75, 3.05) is 0 Å². The van der Waals surface area contributed by atoms with Gasteiger partial charge in [-0.1, -0.05) is 30.7 Å². The van der Waals surface area contributed by atoms with Gasteiger partial charge in [-0.3, -0.25) is 0 Å². The van der Waals surface area contributed by atoms with Crippen molar-refractivity contribution in [1.29, 1.82) is 0 Å². The number of carbonyl (C=O) groups is 1. The molecule has 2 aliphatic carbocycles. The van der Waals surface area contributed by atoms with Gasteiger partial charge >= 0.3 is 6.03 Å². The number of nitrogens with one attached hydrogen (secondary N) is 2. The van der Waals surface area contributed by atoms with Gasteiger partial charge in [0, 0.05) is 0 Å². The minimum Gasteiger partial charge on any atom is -0.331 e. The summed E-state index contributed by atoms with van der Waals surface area (Å²) in [5, 5.41) is 17.7. The molecule has 24 heavy (non-hydrogen) atoms. The van der Waals surface area contributed by atoms with Crippen LogP contribution < -0.4 is 10.6 Å². The maximum absolute atomic E-state index is 12.3. The number of fused-ring (bicyclic) bond motifs is 1. The summed E-state index contributed by atoms with van der Waals surface area (Å²) in [5.41, 5.74) is 2.59. The van der Waals surface area contributed by atoms with Crippen LogP contribution in [0.2, 0.25) is 0 Å². The molecule has 1 aromatic carbocycles. The molecule has 7 heteroatoms. The summed E-state index contributed by atoms with van der Waals surface area (Å²) >= 11 is 0. The Bertz CT molecular complexity index is 723. The normalized spacial score (nSPS) is 20.1. The highest BCUT2D eigenvalue weighted by atomic mass is 16.2. The lowest BCUT2D eigenvalue weighted by atomic mass is 9.99. The Morgan fingerprint density at radius 2 is 2.08 bits per heavy atom. The van der Waals surface area contributed by atoms with Crippen LogP contribution >= 0.6 is 0 Å². The smallest absolute Gasteiger partial charge is 0.315 e. The van der Waals surface area contributed by atoms with Crippen molar-refractivity contribution >= 4 is 6.03 Å². The van der Waals surface area contributed by atoms with E-state index in [4.69, 9.17) is 0 Å². The molecule has 4 rings (SSSR count). The predicted molar refractivity (Wildman–Crippen MR) is 88.2 cm³/mol. The molecule has 0 aliphatic heterocycles. The Labute approximate surface area is 140 Å². The molecule has 0 saturated heterocycles. The fraction of sp³-hybridized carbons (Fsp3) is 0.529. The zero-order valence-electron chi connectivity index (χ0n) is 13.6. The van der Waals surface area contributed by atoms with E-state index in [1.807, 2.05) is 10.7 Å². The minimum atomic E-state index is -0.165. The second kappa shape index (κ2) is 6.59. The SMILES string of the molecule is O=C(NCc1nnnn1C1CC1)N[C@@H]1CCCCc2ccccc21. The summed E-state index contributed by atoms with van der Waals surface area (Å²) in [6.07, 6.45) is 6.59. The van der Waals surface area contributed by atoms with Crippen LogP contribution in [0.3, 0.4) is 0 Å². The van der Waals surface area contributed by atoms with Crippen LogP contribution in [-0.2, 0) is 13.0 Å². The molecule has 1 atom stereocenters. The second-order valence-electron chi connectivity index (χ2n) is 6.60. The number of benzene rings is 1. The van der Waals surface area contributed by atoms with Gasteiger partial charge in [0.2, 0.25) is 0 Å². The average molecular weight is 326 g/mol. The third-order valence-corrected chi connectivity index (χ3v) is 4.79. The topological polar surface area (TPSA) is 84.7 Å². The number of rotatable bonds is 4. The molecule has 2 aromatic rings. The molecule has 7 nitrogen and oxygen atoms in total. The molecule has 0 bridgehead atoms. The molecule has 2 aliphatic rings. The van der Waals surface area contributed by atoms with Gasteiger partial charge in [-0.25, -0.2) is 9.48 Å². The van der Waals surface area contributed by atoms with Crippen LogP contribution in [0.15, 0.2) is 24.3 Å². The zero-order valence-corrected chi connectivity index (χ0v) is 13.6. The summed E-state index contributed by atoms with van der Waals surface area (Å²) in [7, 11) is 0. The number of amides is 2. The van der Waals surface area contributed by atoms with Gasteiger partial charge in [0.1, 0.15) is 0 Å². The van der Waals surface area contributed by atoms with Crippen molar-refractivity contribution in [1.82, 2.24) is 30.8 Å². The van der Waals surface area contributed by atoms with E-state index in [-0.39, 0.29) is 12.1 Å². The van der Waals surface area contributed by atoms with Gasteiger partial charge in [-0.2, -0.15) is 0 Å². The lowest BCUT2D eigenvalue weighted by molar-refractivity contribution is 0.235. The number of urea groups is 1. The maximum Gasteiger partial charge on any atom is 0.315 e. The Morgan fingerprint density at radius 1 is 1.21 bits per heavy atom. The molecule has 0 radical (unpaired) electrons. The van der Waals surface area contributed by atoms with Gasteiger partial charge in [-0.05, 0) is 53.7 Å². The van der Waals surface area contributed by atoms with E-state index >= 15 is 0 Å². The summed E-state index contributed by atoms with van der Waals surface area (Å²) in [4.78, 5) is 12.3. The van der Waals surface area contributed by atoms with Gasteiger partial charge in [0.15, 0.2) is 5.82 Å². The monoisotopic (exact) mass is 326 g/mol. The first-order valence-corrected chi connectivity index (χ1v) is 8.70. The molecule has 1 fully saturated rings. The minimum absolute atomic E-state index is 0.0723. The summed E-state index contributed by atoms with van der Waals surface area (Å²) in [6.45, 7) is 0.351. The third kappa shape index (κ3) is 3.25. The van der Waals surface area contributed by atoms with E-state index in [0.29, 0.717) is 18.4 Å². The van der Waals surface area contributed by atoms with Crippen LogP contribution in [0.5, 0.6) is 0 Å². The average Bonchev–Trinajstić information content (AvgIpc) is 3.37. The number of hydrogen-bond acceptors (Lipinski definition) is 4.